The van der Waals surface area contributed by atoms with Gasteiger partial charge in [-0.15, -0.1) is 0 Å². The molecule has 0 aromatic heterocycles. The van der Waals surface area contributed by atoms with Crippen molar-refractivity contribution in [3.63, 3.8) is 0 Å². The maximum absolute atomic E-state index is 13.5. The average Bonchev–Trinajstić information content (AvgIpc) is 2.71. The zero-order chi connectivity index (χ0) is 20.9. The minimum atomic E-state index is -0.487. The van der Waals surface area contributed by atoms with Crippen molar-refractivity contribution in [1.82, 2.24) is 0 Å². The first-order valence-electron chi connectivity index (χ1n) is 10.3. The number of benzene rings is 2. The topological polar surface area (TPSA) is 47.6 Å². The molecular formula is C24H30ClNO3. The van der Waals surface area contributed by atoms with Gasteiger partial charge in [-0.2, -0.15) is 0 Å². The van der Waals surface area contributed by atoms with Crippen LogP contribution < -0.4 is 10.1 Å². The van der Waals surface area contributed by atoms with E-state index < -0.39 is 5.41 Å². The Bertz CT molecular complexity index is 846. The van der Waals surface area contributed by atoms with Crippen molar-refractivity contribution >= 4 is 23.2 Å². The quantitative estimate of drug-likeness (QED) is 0.612. The number of methoxy groups -OCH3 is 1. The van der Waals surface area contributed by atoms with Crippen LogP contribution in [-0.2, 0) is 14.9 Å². The van der Waals surface area contributed by atoms with Gasteiger partial charge in [-0.25, -0.2) is 0 Å². The predicted octanol–water partition coefficient (Wildman–Crippen LogP) is 5.90. The van der Waals surface area contributed by atoms with Crippen molar-refractivity contribution in [2.24, 2.45) is 0 Å². The third-order valence-corrected chi connectivity index (χ3v) is 5.93. The lowest BCUT2D eigenvalue weighted by molar-refractivity contribution is -0.122. The first-order chi connectivity index (χ1) is 13.9. The van der Waals surface area contributed by atoms with Gasteiger partial charge in [0.05, 0.1) is 17.0 Å². The van der Waals surface area contributed by atoms with Crippen molar-refractivity contribution < 1.29 is 14.3 Å². The highest BCUT2D eigenvalue weighted by molar-refractivity contribution is 6.32. The second-order valence-electron chi connectivity index (χ2n) is 8.00. The number of hydrogen-bond acceptors (Lipinski definition) is 3. The minimum Gasteiger partial charge on any atom is -0.487 e. The molecule has 4 nitrogen and oxygen atoms in total. The van der Waals surface area contributed by atoms with Gasteiger partial charge in [0.2, 0.25) is 5.91 Å². The molecule has 0 spiro atoms. The van der Waals surface area contributed by atoms with Crippen molar-refractivity contribution in [2.45, 2.75) is 57.5 Å². The van der Waals surface area contributed by atoms with E-state index in [0.29, 0.717) is 23.1 Å². The average molecular weight is 416 g/mol. The number of aryl methyl sites for hydroxylation is 1. The molecule has 1 N–H and O–H groups in total. The standard InChI is InChI=1S/C24H30ClNO3/c1-17-8-7-9-19(14-17)24(12-5-4-6-13-24)23(27)26-20-10-11-22(21(25)15-20)29-18(2)16-28-3/h7-11,14-15,18H,4-6,12-13,16H2,1-3H3,(H,26,27). The number of carbonyl (C=O) groups excluding carboxylic acids is 1. The molecule has 1 aliphatic carbocycles. The molecule has 0 bridgehead atoms. The molecule has 1 fully saturated rings. The molecule has 2 aromatic rings. The molecule has 0 radical (unpaired) electrons. The van der Waals surface area contributed by atoms with E-state index in [4.69, 9.17) is 21.1 Å². The molecule has 2 aromatic carbocycles. The van der Waals surface area contributed by atoms with Crippen LogP contribution in [0.15, 0.2) is 42.5 Å². The van der Waals surface area contributed by atoms with Gasteiger partial charge >= 0.3 is 0 Å². The summed E-state index contributed by atoms with van der Waals surface area (Å²) in [6.07, 6.45) is 4.93. The van der Waals surface area contributed by atoms with E-state index >= 15 is 0 Å². The fraction of sp³-hybridized carbons (Fsp3) is 0.458. The number of hydrogen-bond donors (Lipinski definition) is 1. The van der Waals surface area contributed by atoms with Crippen LogP contribution in [0.2, 0.25) is 5.02 Å². The van der Waals surface area contributed by atoms with Crippen LogP contribution in [0.25, 0.3) is 0 Å². The summed E-state index contributed by atoms with van der Waals surface area (Å²) in [5.74, 6) is 0.626. The van der Waals surface area contributed by atoms with Crippen LogP contribution in [-0.4, -0.2) is 25.7 Å². The van der Waals surface area contributed by atoms with Gasteiger partial charge in [-0.3, -0.25) is 4.79 Å². The Morgan fingerprint density at radius 1 is 1.17 bits per heavy atom. The molecule has 1 saturated carbocycles. The monoisotopic (exact) mass is 415 g/mol. The summed E-state index contributed by atoms with van der Waals surface area (Å²) >= 11 is 6.40. The molecule has 5 heteroatoms. The SMILES string of the molecule is COCC(C)Oc1ccc(NC(=O)C2(c3cccc(C)c3)CCCCC2)cc1Cl. The number of anilines is 1. The Labute approximate surface area is 178 Å². The fourth-order valence-electron chi connectivity index (χ4n) is 4.16. The van der Waals surface area contributed by atoms with Gasteiger partial charge in [-0.05, 0) is 50.5 Å². The van der Waals surface area contributed by atoms with E-state index in [0.717, 1.165) is 31.2 Å². The number of ether oxygens (including phenoxy) is 2. The Morgan fingerprint density at radius 2 is 1.93 bits per heavy atom. The molecule has 1 atom stereocenters. The Morgan fingerprint density at radius 3 is 2.59 bits per heavy atom. The molecule has 29 heavy (non-hydrogen) atoms. The molecular weight excluding hydrogens is 386 g/mol. The summed E-state index contributed by atoms with van der Waals surface area (Å²) in [7, 11) is 1.63. The summed E-state index contributed by atoms with van der Waals surface area (Å²) in [4.78, 5) is 13.5. The lowest BCUT2D eigenvalue weighted by Gasteiger charge is -2.36. The minimum absolute atomic E-state index is 0.0419. The van der Waals surface area contributed by atoms with Crippen LogP contribution in [0.5, 0.6) is 5.75 Å². The highest BCUT2D eigenvalue weighted by Crippen LogP contribution is 2.41. The van der Waals surface area contributed by atoms with Crippen LogP contribution in [0, 0.1) is 6.92 Å². The number of nitrogens with one attached hydrogen (secondary N) is 1. The van der Waals surface area contributed by atoms with Gasteiger partial charge in [-0.1, -0.05) is 60.7 Å². The fourth-order valence-corrected chi connectivity index (χ4v) is 4.38. The largest absolute Gasteiger partial charge is 0.487 e. The Kier molecular flexibility index (Phi) is 7.20. The highest BCUT2D eigenvalue weighted by Gasteiger charge is 2.41. The third kappa shape index (κ3) is 5.12. The Balaban J connectivity index is 1.80. The number of rotatable bonds is 7. The van der Waals surface area contributed by atoms with Gasteiger partial charge in [0, 0.05) is 12.8 Å². The number of carbonyl (C=O) groups is 1. The third-order valence-electron chi connectivity index (χ3n) is 5.63. The smallest absolute Gasteiger partial charge is 0.235 e. The van der Waals surface area contributed by atoms with E-state index in [1.807, 2.05) is 19.1 Å². The lowest BCUT2D eigenvalue weighted by Crippen LogP contribution is -2.42. The molecule has 0 saturated heterocycles. The van der Waals surface area contributed by atoms with Crippen LogP contribution in [0.1, 0.15) is 50.2 Å². The van der Waals surface area contributed by atoms with Crippen LogP contribution >= 0.6 is 11.6 Å². The lowest BCUT2D eigenvalue weighted by atomic mass is 9.68. The number of halogens is 1. The zero-order valence-corrected chi connectivity index (χ0v) is 18.2. The number of amides is 1. The summed E-state index contributed by atoms with van der Waals surface area (Å²) < 4.78 is 10.9. The summed E-state index contributed by atoms with van der Waals surface area (Å²) in [6, 6.07) is 13.7. The first kappa shape index (κ1) is 21.7. The van der Waals surface area contributed by atoms with Gasteiger partial charge in [0.25, 0.3) is 0 Å². The maximum atomic E-state index is 13.5. The summed E-state index contributed by atoms with van der Waals surface area (Å²) in [5, 5.41) is 3.58. The summed E-state index contributed by atoms with van der Waals surface area (Å²) in [6.45, 7) is 4.47. The first-order valence-corrected chi connectivity index (χ1v) is 10.7. The molecule has 0 heterocycles. The van der Waals surface area contributed by atoms with Crippen molar-refractivity contribution in [3.8, 4) is 5.75 Å². The second kappa shape index (κ2) is 9.64. The molecule has 1 amide bonds. The maximum Gasteiger partial charge on any atom is 0.235 e. The van der Waals surface area contributed by atoms with E-state index in [-0.39, 0.29) is 12.0 Å². The zero-order valence-electron chi connectivity index (χ0n) is 17.5. The second-order valence-corrected chi connectivity index (χ2v) is 8.40. The summed E-state index contributed by atoms with van der Waals surface area (Å²) in [5.41, 5.74) is 2.48. The van der Waals surface area contributed by atoms with Crippen LogP contribution in [0.3, 0.4) is 0 Å². The molecule has 1 aliphatic rings. The Hall–Kier alpha value is -2.04. The van der Waals surface area contributed by atoms with Gasteiger partial charge < -0.3 is 14.8 Å². The highest BCUT2D eigenvalue weighted by atomic mass is 35.5. The van der Waals surface area contributed by atoms with E-state index in [1.165, 1.54) is 12.0 Å². The van der Waals surface area contributed by atoms with Gasteiger partial charge in [0.15, 0.2) is 0 Å². The van der Waals surface area contributed by atoms with Gasteiger partial charge in [0.1, 0.15) is 11.9 Å². The molecule has 1 unspecified atom stereocenters. The molecule has 3 rings (SSSR count). The van der Waals surface area contributed by atoms with Crippen molar-refractivity contribution in [3.05, 3.63) is 58.6 Å². The van der Waals surface area contributed by atoms with E-state index in [1.54, 1.807) is 19.2 Å². The van der Waals surface area contributed by atoms with E-state index in [2.05, 4.69) is 30.4 Å². The van der Waals surface area contributed by atoms with Crippen molar-refractivity contribution in [2.75, 3.05) is 19.0 Å². The van der Waals surface area contributed by atoms with Crippen LogP contribution in [0.4, 0.5) is 5.69 Å². The predicted molar refractivity (Wildman–Crippen MR) is 118 cm³/mol. The normalized spacial score (nSPS) is 16.8. The molecule has 0 aliphatic heterocycles. The van der Waals surface area contributed by atoms with Crippen molar-refractivity contribution in [1.29, 1.82) is 0 Å². The molecule has 156 valence electrons. The van der Waals surface area contributed by atoms with E-state index in [9.17, 15) is 4.79 Å².